The van der Waals surface area contributed by atoms with Gasteiger partial charge in [-0.3, -0.25) is 9.69 Å². The molecule has 9 heteroatoms. The van der Waals surface area contributed by atoms with Crippen LogP contribution in [0.1, 0.15) is 40.4 Å². The number of rotatable bonds is 5. The number of carbonyl (C=O) groups excluding carboxylic acids is 1. The van der Waals surface area contributed by atoms with Gasteiger partial charge >= 0.3 is 0 Å². The predicted molar refractivity (Wildman–Crippen MR) is 129 cm³/mol. The molecule has 34 heavy (non-hydrogen) atoms. The average molecular weight is 451 g/mol. The van der Waals surface area contributed by atoms with E-state index in [-0.39, 0.29) is 11.7 Å². The van der Waals surface area contributed by atoms with Gasteiger partial charge in [-0.15, -0.1) is 10.2 Å². The minimum atomic E-state index is -0.0683. The number of fused-ring (bicyclic) bond motifs is 1. The fourth-order valence-electron chi connectivity index (χ4n) is 4.32. The Labute approximate surface area is 195 Å². The molecule has 0 spiro atoms. The molecule has 0 atom stereocenters. The zero-order valence-electron chi connectivity index (χ0n) is 18.3. The van der Waals surface area contributed by atoms with Crippen LogP contribution in [-0.2, 0) is 6.54 Å². The Hall–Kier alpha value is -4.53. The summed E-state index contributed by atoms with van der Waals surface area (Å²) in [7, 11) is 0. The van der Waals surface area contributed by atoms with E-state index in [4.69, 9.17) is 16.6 Å². The van der Waals surface area contributed by atoms with Crippen molar-refractivity contribution >= 4 is 17.6 Å². The lowest BCUT2D eigenvalue weighted by Crippen LogP contribution is -2.24. The van der Waals surface area contributed by atoms with Crippen LogP contribution in [0.25, 0.3) is 22.6 Å². The Balaban J connectivity index is 1.29. The van der Waals surface area contributed by atoms with E-state index in [9.17, 15) is 4.79 Å². The van der Waals surface area contributed by atoms with Crippen LogP contribution in [0.2, 0.25) is 0 Å². The van der Waals surface area contributed by atoms with Gasteiger partial charge in [-0.2, -0.15) is 5.10 Å². The van der Waals surface area contributed by atoms with Gasteiger partial charge in [0.05, 0.1) is 6.54 Å². The van der Waals surface area contributed by atoms with Crippen LogP contribution in [0.4, 0.5) is 5.82 Å². The van der Waals surface area contributed by atoms with Gasteiger partial charge in [0, 0.05) is 17.2 Å². The minimum absolute atomic E-state index is 0.0683. The topological polar surface area (TPSA) is 128 Å². The van der Waals surface area contributed by atoms with Crippen molar-refractivity contribution in [2.45, 2.75) is 25.4 Å². The number of anilines is 1. The Morgan fingerprint density at radius 2 is 1.82 bits per heavy atom. The lowest BCUT2D eigenvalue weighted by atomic mass is 9.99. The summed E-state index contributed by atoms with van der Waals surface area (Å²) in [5.74, 6) is 6.80. The lowest BCUT2D eigenvalue weighted by Gasteiger charge is -2.15. The molecule has 6 rings (SSSR count). The molecule has 1 aliphatic heterocycles. The number of amidine groups is 1. The molecule has 0 bridgehead atoms. The van der Waals surface area contributed by atoms with E-state index in [2.05, 4.69) is 19.9 Å². The lowest BCUT2D eigenvalue weighted by molar-refractivity contribution is 0.0996. The van der Waals surface area contributed by atoms with Crippen LogP contribution in [-0.4, -0.2) is 31.5 Å². The monoisotopic (exact) mass is 450 g/mol. The molecule has 2 aromatic carbocycles. The van der Waals surface area contributed by atoms with Gasteiger partial charge in [0.25, 0.3) is 5.91 Å². The SMILES string of the molecule is N/N=C(\N)c1ccc(-c2ccc3c(c2)C(=O)N(c2cccc(-c4nncn4C4CC4)n2)C3)cc1. The van der Waals surface area contributed by atoms with Crippen molar-refractivity contribution in [2.24, 2.45) is 16.7 Å². The highest BCUT2D eigenvalue weighted by Crippen LogP contribution is 2.38. The van der Waals surface area contributed by atoms with E-state index in [1.165, 1.54) is 0 Å². The van der Waals surface area contributed by atoms with Crippen LogP contribution < -0.4 is 16.5 Å². The molecule has 4 aromatic rings. The third kappa shape index (κ3) is 3.38. The maximum atomic E-state index is 13.4. The quantitative estimate of drug-likeness (QED) is 0.208. The van der Waals surface area contributed by atoms with E-state index in [0.717, 1.165) is 40.9 Å². The number of nitrogens with zero attached hydrogens (tertiary/aromatic N) is 6. The molecule has 1 fully saturated rings. The number of pyridine rings is 1. The molecular weight excluding hydrogens is 428 g/mol. The van der Waals surface area contributed by atoms with E-state index >= 15 is 0 Å². The molecule has 0 radical (unpaired) electrons. The first-order chi connectivity index (χ1) is 16.6. The first kappa shape index (κ1) is 20.1. The molecular formula is C25H22N8O. The summed E-state index contributed by atoms with van der Waals surface area (Å²) in [4.78, 5) is 19.8. The van der Waals surface area contributed by atoms with Crippen molar-refractivity contribution in [2.75, 3.05) is 4.90 Å². The van der Waals surface area contributed by atoms with Crippen molar-refractivity contribution in [1.29, 1.82) is 0 Å². The molecule has 1 amide bonds. The van der Waals surface area contributed by atoms with Crippen LogP contribution in [0.3, 0.4) is 0 Å². The van der Waals surface area contributed by atoms with Gasteiger partial charge < -0.3 is 16.1 Å². The van der Waals surface area contributed by atoms with Crippen molar-refractivity contribution < 1.29 is 4.79 Å². The van der Waals surface area contributed by atoms with Crippen molar-refractivity contribution in [3.63, 3.8) is 0 Å². The summed E-state index contributed by atoms with van der Waals surface area (Å²) in [6.45, 7) is 0.475. The summed E-state index contributed by atoms with van der Waals surface area (Å²) in [6.07, 6.45) is 4.01. The number of aromatic nitrogens is 4. The second-order valence-electron chi connectivity index (χ2n) is 8.53. The van der Waals surface area contributed by atoms with Gasteiger partial charge in [-0.25, -0.2) is 4.98 Å². The average Bonchev–Trinajstić information content (AvgIpc) is 3.52. The van der Waals surface area contributed by atoms with Gasteiger partial charge in [0.1, 0.15) is 23.7 Å². The van der Waals surface area contributed by atoms with E-state index < -0.39 is 0 Å². The minimum Gasteiger partial charge on any atom is -0.382 e. The number of amides is 1. The molecule has 9 nitrogen and oxygen atoms in total. The third-order valence-electron chi connectivity index (χ3n) is 6.32. The summed E-state index contributed by atoms with van der Waals surface area (Å²) in [5.41, 5.74) is 10.8. The van der Waals surface area contributed by atoms with E-state index in [1.54, 1.807) is 11.2 Å². The van der Waals surface area contributed by atoms with Crippen LogP contribution in [0.15, 0.2) is 72.1 Å². The smallest absolute Gasteiger partial charge is 0.260 e. The zero-order valence-corrected chi connectivity index (χ0v) is 18.3. The molecule has 0 unspecified atom stereocenters. The van der Waals surface area contributed by atoms with Gasteiger partial charge in [0.2, 0.25) is 0 Å². The highest BCUT2D eigenvalue weighted by atomic mass is 16.2. The predicted octanol–water partition coefficient (Wildman–Crippen LogP) is 3.08. The fraction of sp³-hybridized carbons (Fsp3) is 0.160. The Bertz CT molecular complexity index is 1440. The number of nitrogens with two attached hydrogens (primary N) is 2. The summed E-state index contributed by atoms with van der Waals surface area (Å²) >= 11 is 0. The van der Waals surface area contributed by atoms with Crippen LogP contribution in [0, 0.1) is 0 Å². The molecule has 1 saturated carbocycles. The molecule has 168 valence electrons. The number of hydrogen-bond acceptors (Lipinski definition) is 6. The first-order valence-corrected chi connectivity index (χ1v) is 11.1. The highest BCUT2D eigenvalue weighted by molar-refractivity contribution is 6.10. The van der Waals surface area contributed by atoms with E-state index in [0.29, 0.717) is 29.7 Å². The molecule has 0 saturated heterocycles. The van der Waals surface area contributed by atoms with Crippen LogP contribution >= 0.6 is 0 Å². The second-order valence-corrected chi connectivity index (χ2v) is 8.53. The summed E-state index contributed by atoms with van der Waals surface area (Å²) in [6, 6.07) is 19.7. The van der Waals surface area contributed by atoms with Crippen molar-refractivity contribution in [3.8, 4) is 22.6 Å². The molecule has 2 aliphatic rings. The fourth-order valence-corrected chi connectivity index (χ4v) is 4.32. The maximum Gasteiger partial charge on any atom is 0.260 e. The normalized spacial score (nSPS) is 15.6. The zero-order chi connectivity index (χ0) is 23.2. The van der Waals surface area contributed by atoms with Gasteiger partial charge in [-0.05, 0) is 47.7 Å². The Morgan fingerprint density at radius 3 is 2.59 bits per heavy atom. The van der Waals surface area contributed by atoms with Crippen molar-refractivity contribution in [3.05, 3.63) is 83.7 Å². The molecule has 3 heterocycles. The Kier molecular flexibility index (Phi) is 4.61. The maximum absolute atomic E-state index is 13.4. The first-order valence-electron chi connectivity index (χ1n) is 11.1. The third-order valence-corrected chi connectivity index (χ3v) is 6.32. The van der Waals surface area contributed by atoms with Gasteiger partial charge in [0.15, 0.2) is 5.82 Å². The number of hydrogen-bond donors (Lipinski definition) is 2. The molecule has 1 aliphatic carbocycles. The summed E-state index contributed by atoms with van der Waals surface area (Å²) < 4.78 is 2.07. The molecule has 2 aromatic heterocycles. The van der Waals surface area contributed by atoms with E-state index in [1.807, 2.05) is 60.7 Å². The molecule has 4 N–H and O–H groups in total. The second kappa shape index (κ2) is 7.80. The number of hydrazone groups is 1. The largest absolute Gasteiger partial charge is 0.382 e. The van der Waals surface area contributed by atoms with Crippen molar-refractivity contribution in [1.82, 2.24) is 19.7 Å². The number of carbonyl (C=O) groups is 1. The Morgan fingerprint density at radius 1 is 1.03 bits per heavy atom. The number of benzene rings is 2. The van der Waals surface area contributed by atoms with Crippen LogP contribution in [0.5, 0.6) is 0 Å². The summed E-state index contributed by atoms with van der Waals surface area (Å²) in [5, 5.41) is 11.9. The highest BCUT2D eigenvalue weighted by Gasteiger charge is 2.31. The standard InChI is InChI=1S/C25H22N8O/c26-23(30-27)16-6-4-15(5-7-16)17-8-9-18-13-32(25(34)20(18)12-17)22-3-1-2-21(29-22)24-31-28-14-33(24)19-10-11-19/h1-9,12,14,19H,10-11,13,27H2,(H2,26,30). The van der Waals surface area contributed by atoms with Gasteiger partial charge in [-0.1, -0.05) is 42.5 Å².